The van der Waals surface area contributed by atoms with E-state index in [9.17, 15) is 10.1 Å². The van der Waals surface area contributed by atoms with Gasteiger partial charge in [-0.1, -0.05) is 0 Å². The molecule has 1 atom stereocenters. The molecule has 1 aromatic carbocycles. The van der Waals surface area contributed by atoms with Crippen LogP contribution < -0.4 is 10.1 Å². The zero-order chi connectivity index (χ0) is 13.7. The number of rotatable bonds is 5. The number of methoxy groups -OCH3 is 1. The summed E-state index contributed by atoms with van der Waals surface area (Å²) in [5.74, 6) is 0.473. The lowest BCUT2D eigenvalue weighted by molar-refractivity contribution is -0.384. The number of hydrogen-bond donors (Lipinski definition) is 1. The average Bonchev–Trinajstić information content (AvgIpc) is 2.45. The van der Waals surface area contributed by atoms with Crippen LogP contribution in [-0.2, 0) is 4.74 Å². The lowest BCUT2D eigenvalue weighted by atomic mass is 10.1. The first-order valence-corrected chi connectivity index (χ1v) is 6.38. The Hall–Kier alpha value is -1.82. The van der Waals surface area contributed by atoms with Crippen molar-refractivity contribution in [1.82, 2.24) is 0 Å². The van der Waals surface area contributed by atoms with Gasteiger partial charge in [0, 0.05) is 31.0 Å². The Balaban J connectivity index is 2.02. The van der Waals surface area contributed by atoms with Crippen LogP contribution in [0.25, 0.3) is 0 Å². The van der Waals surface area contributed by atoms with E-state index in [2.05, 4.69) is 5.32 Å². The predicted molar refractivity (Wildman–Crippen MR) is 71.7 cm³/mol. The van der Waals surface area contributed by atoms with Gasteiger partial charge in [0.05, 0.1) is 24.2 Å². The van der Waals surface area contributed by atoms with E-state index in [0.717, 1.165) is 19.4 Å². The molecule has 1 aromatic rings. The number of nitro benzene ring substituents is 1. The van der Waals surface area contributed by atoms with E-state index in [-0.39, 0.29) is 11.8 Å². The molecule has 6 nitrogen and oxygen atoms in total. The number of benzene rings is 1. The van der Waals surface area contributed by atoms with E-state index < -0.39 is 4.92 Å². The van der Waals surface area contributed by atoms with Crippen molar-refractivity contribution in [3.05, 3.63) is 28.3 Å². The summed E-state index contributed by atoms with van der Waals surface area (Å²) in [4.78, 5) is 10.4. The maximum absolute atomic E-state index is 10.8. The highest BCUT2D eigenvalue weighted by Gasteiger charge is 2.15. The zero-order valence-corrected chi connectivity index (χ0v) is 10.9. The van der Waals surface area contributed by atoms with Gasteiger partial charge < -0.3 is 14.8 Å². The van der Waals surface area contributed by atoms with E-state index in [1.165, 1.54) is 25.7 Å². The molecule has 0 aliphatic carbocycles. The number of nitrogens with zero attached hydrogens (tertiary/aromatic N) is 1. The summed E-state index contributed by atoms with van der Waals surface area (Å²) in [5.41, 5.74) is 0.701. The smallest absolute Gasteiger partial charge is 0.275 e. The molecule has 0 spiro atoms. The van der Waals surface area contributed by atoms with Crippen molar-refractivity contribution in [2.24, 2.45) is 0 Å². The van der Waals surface area contributed by atoms with Gasteiger partial charge in [-0.15, -0.1) is 0 Å². The Morgan fingerprint density at radius 1 is 1.47 bits per heavy atom. The third kappa shape index (κ3) is 3.82. The van der Waals surface area contributed by atoms with Gasteiger partial charge in [0.15, 0.2) is 0 Å². The second-order valence-corrected chi connectivity index (χ2v) is 4.55. The third-order valence-electron chi connectivity index (χ3n) is 3.15. The maximum Gasteiger partial charge on any atom is 0.275 e. The standard InChI is InChI=1S/C13H18N2O4/c1-18-13-7-10(6-11(8-13)15(16)17)14-9-12-4-2-3-5-19-12/h6-8,12,14H,2-5,9H2,1H3. The summed E-state index contributed by atoms with van der Waals surface area (Å²) in [5, 5.41) is 14.0. The van der Waals surface area contributed by atoms with E-state index in [1.54, 1.807) is 6.07 Å². The second kappa shape index (κ2) is 6.38. The fourth-order valence-electron chi connectivity index (χ4n) is 2.11. The molecule has 1 aliphatic rings. The van der Waals surface area contributed by atoms with Gasteiger partial charge in [-0.25, -0.2) is 0 Å². The molecule has 1 heterocycles. The largest absolute Gasteiger partial charge is 0.496 e. The molecule has 1 N–H and O–H groups in total. The van der Waals surface area contributed by atoms with Crippen LogP contribution in [0, 0.1) is 10.1 Å². The molecule has 0 radical (unpaired) electrons. The topological polar surface area (TPSA) is 73.6 Å². The lowest BCUT2D eigenvalue weighted by Gasteiger charge is -2.23. The van der Waals surface area contributed by atoms with Crippen LogP contribution in [0.1, 0.15) is 19.3 Å². The van der Waals surface area contributed by atoms with Crippen LogP contribution in [-0.4, -0.2) is 31.3 Å². The van der Waals surface area contributed by atoms with Crippen molar-refractivity contribution in [2.75, 3.05) is 25.6 Å². The molecular weight excluding hydrogens is 248 g/mol. The zero-order valence-electron chi connectivity index (χ0n) is 10.9. The van der Waals surface area contributed by atoms with Gasteiger partial charge in [0.25, 0.3) is 5.69 Å². The van der Waals surface area contributed by atoms with Crippen LogP contribution in [0.15, 0.2) is 18.2 Å². The van der Waals surface area contributed by atoms with E-state index >= 15 is 0 Å². The molecule has 0 bridgehead atoms. The summed E-state index contributed by atoms with van der Waals surface area (Å²) in [6.45, 7) is 1.45. The highest BCUT2D eigenvalue weighted by Crippen LogP contribution is 2.26. The molecule has 1 aliphatic heterocycles. The first kappa shape index (κ1) is 13.6. The van der Waals surface area contributed by atoms with Crippen molar-refractivity contribution in [2.45, 2.75) is 25.4 Å². The molecular formula is C13H18N2O4. The number of anilines is 1. The van der Waals surface area contributed by atoms with Crippen molar-refractivity contribution in [3.63, 3.8) is 0 Å². The minimum atomic E-state index is -0.426. The van der Waals surface area contributed by atoms with Crippen molar-refractivity contribution < 1.29 is 14.4 Å². The monoisotopic (exact) mass is 266 g/mol. The lowest BCUT2D eigenvalue weighted by Crippen LogP contribution is -2.26. The molecule has 6 heteroatoms. The van der Waals surface area contributed by atoms with Crippen molar-refractivity contribution in [3.8, 4) is 5.75 Å². The fraction of sp³-hybridized carbons (Fsp3) is 0.538. The first-order valence-electron chi connectivity index (χ1n) is 6.38. The molecule has 19 heavy (non-hydrogen) atoms. The molecule has 1 fully saturated rings. The van der Waals surface area contributed by atoms with Gasteiger partial charge in [0.2, 0.25) is 0 Å². The van der Waals surface area contributed by atoms with Crippen LogP contribution in [0.2, 0.25) is 0 Å². The Morgan fingerprint density at radius 2 is 2.32 bits per heavy atom. The Kier molecular flexibility index (Phi) is 4.57. The van der Waals surface area contributed by atoms with E-state index in [4.69, 9.17) is 9.47 Å². The van der Waals surface area contributed by atoms with Crippen LogP contribution in [0.5, 0.6) is 5.75 Å². The Labute approximate surface area is 111 Å². The predicted octanol–water partition coefficient (Wildman–Crippen LogP) is 2.58. The van der Waals surface area contributed by atoms with Gasteiger partial charge in [-0.2, -0.15) is 0 Å². The molecule has 1 saturated heterocycles. The third-order valence-corrected chi connectivity index (χ3v) is 3.15. The maximum atomic E-state index is 10.8. The minimum Gasteiger partial charge on any atom is -0.496 e. The van der Waals surface area contributed by atoms with Crippen molar-refractivity contribution >= 4 is 11.4 Å². The molecule has 104 valence electrons. The van der Waals surface area contributed by atoms with Crippen LogP contribution in [0.4, 0.5) is 11.4 Å². The van der Waals surface area contributed by atoms with Gasteiger partial charge in [-0.3, -0.25) is 10.1 Å². The fourth-order valence-corrected chi connectivity index (χ4v) is 2.11. The SMILES string of the molecule is COc1cc(NCC2CCCCO2)cc([N+](=O)[O-])c1. The van der Waals surface area contributed by atoms with Crippen LogP contribution >= 0.6 is 0 Å². The van der Waals surface area contributed by atoms with Crippen LogP contribution in [0.3, 0.4) is 0 Å². The molecule has 0 saturated carbocycles. The molecule has 0 aromatic heterocycles. The molecule has 1 unspecified atom stereocenters. The molecule has 0 amide bonds. The van der Waals surface area contributed by atoms with Gasteiger partial charge >= 0.3 is 0 Å². The number of hydrogen-bond acceptors (Lipinski definition) is 5. The minimum absolute atomic E-state index is 0.0198. The summed E-state index contributed by atoms with van der Waals surface area (Å²) in [6.07, 6.45) is 3.49. The summed E-state index contributed by atoms with van der Waals surface area (Å²) < 4.78 is 10.7. The Bertz CT molecular complexity index is 444. The number of non-ortho nitro benzene ring substituents is 1. The highest BCUT2D eigenvalue weighted by atomic mass is 16.6. The van der Waals surface area contributed by atoms with E-state index in [1.807, 2.05) is 0 Å². The van der Waals surface area contributed by atoms with Gasteiger partial charge in [-0.05, 0) is 19.3 Å². The van der Waals surface area contributed by atoms with Crippen molar-refractivity contribution in [1.29, 1.82) is 0 Å². The number of nitro groups is 1. The summed E-state index contributed by atoms with van der Waals surface area (Å²) in [7, 11) is 1.49. The van der Waals surface area contributed by atoms with E-state index in [0.29, 0.717) is 18.0 Å². The average molecular weight is 266 g/mol. The summed E-state index contributed by atoms with van der Waals surface area (Å²) >= 11 is 0. The quantitative estimate of drug-likeness (QED) is 0.655. The number of ether oxygens (including phenoxy) is 2. The normalized spacial score (nSPS) is 18.9. The Morgan fingerprint density at radius 3 is 2.95 bits per heavy atom. The number of nitrogens with one attached hydrogen (secondary N) is 1. The second-order valence-electron chi connectivity index (χ2n) is 4.55. The molecule has 2 rings (SSSR count). The highest BCUT2D eigenvalue weighted by molar-refractivity contribution is 5.56. The van der Waals surface area contributed by atoms with Gasteiger partial charge in [0.1, 0.15) is 5.75 Å². The first-order chi connectivity index (χ1) is 9.19. The summed E-state index contributed by atoms with van der Waals surface area (Å²) in [6, 6.07) is 4.66.